The van der Waals surface area contributed by atoms with Crippen molar-refractivity contribution in [2.24, 2.45) is 0 Å². The lowest BCUT2D eigenvalue weighted by atomic mass is 10.0. The summed E-state index contributed by atoms with van der Waals surface area (Å²) in [6, 6.07) is 0. The molecule has 0 radical (unpaired) electrons. The number of carbonyl (C=O) groups excluding carboxylic acids is 1. The molecular weight excluding hydrogens is 292 g/mol. The summed E-state index contributed by atoms with van der Waals surface area (Å²) >= 11 is 0. The summed E-state index contributed by atoms with van der Waals surface area (Å²) < 4.78 is 25.2. The minimum Gasteiger partial charge on any atom is -0.466 e. The van der Waals surface area contributed by atoms with E-state index in [-0.39, 0.29) is 25.8 Å². The van der Waals surface area contributed by atoms with Crippen LogP contribution in [0, 0.1) is 0 Å². The summed E-state index contributed by atoms with van der Waals surface area (Å²) in [6.45, 7) is 2.26. The van der Waals surface area contributed by atoms with Crippen molar-refractivity contribution in [3.8, 4) is 0 Å². The molecule has 0 aliphatic heterocycles. The average Bonchev–Trinajstić information content (AvgIpc) is 2.50. The number of aliphatic hydroxyl groups is 1. The quantitative estimate of drug-likeness (QED) is 0.310. The lowest BCUT2D eigenvalue weighted by molar-refractivity contribution is -0.134. The fraction of sp³-hybridized carbons (Fsp3) is 0.800. The number of aliphatic hydroxyl groups excluding tert-OH is 1. The molecule has 0 saturated carbocycles. The summed E-state index contributed by atoms with van der Waals surface area (Å²) in [5.41, 5.74) is 0. The molecule has 0 bridgehead atoms. The van der Waals surface area contributed by atoms with Gasteiger partial charge in [-0.3, -0.25) is 0 Å². The first kappa shape index (κ1) is 21.0. The number of rotatable bonds is 13. The third kappa shape index (κ3) is 11.6. The van der Waals surface area contributed by atoms with Gasteiger partial charge < -0.3 is 28.8 Å². The van der Waals surface area contributed by atoms with Gasteiger partial charge in [-0.1, -0.05) is 6.08 Å². The zero-order valence-electron chi connectivity index (χ0n) is 13.8. The maximum absolute atomic E-state index is 10.9. The first-order valence-electron chi connectivity index (χ1n) is 7.17. The second-order valence-corrected chi connectivity index (χ2v) is 4.87. The number of carbonyl (C=O) groups is 1. The zero-order valence-corrected chi connectivity index (χ0v) is 13.8. The topological polar surface area (TPSA) is 83.5 Å². The van der Waals surface area contributed by atoms with Gasteiger partial charge in [0.1, 0.15) is 13.6 Å². The van der Waals surface area contributed by atoms with Gasteiger partial charge in [-0.25, -0.2) is 4.79 Å². The van der Waals surface area contributed by atoms with E-state index in [2.05, 4.69) is 4.74 Å². The third-order valence-electron chi connectivity index (χ3n) is 2.89. The zero-order chi connectivity index (χ0) is 16.8. The standard InChI is InChI=1S/C15H28O7/c1-12(21-10-18-2)8-14(22-11-19-3)9-13(16)6-5-7-15(17)20-4/h5,7,12-14,16H,6,8-11H2,1-4H3/b7-5+/t12-,13+,14-/m0/s1. The van der Waals surface area contributed by atoms with Gasteiger partial charge in [0, 0.05) is 20.3 Å². The maximum atomic E-state index is 10.9. The predicted octanol–water partition coefficient (Wildman–Crippen LogP) is 1.24. The van der Waals surface area contributed by atoms with Crippen molar-refractivity contribution in [3.05, 3.63) is 12.2 Å². The second kappa shape index (κ2) is 13.7. The Hall–Kier alpha value is -0.990. The molecule has 7 nitrogen and oxygen atoms in total. The van der Waals surface area contributed by atoms with E-state index in [9.17, 15) is 9.90 Å². The molecule has 0 aromatic carbocycles. The second-order valence-electron chi connectivity index (χ2n) is 4.87. The average molecular weight is 320 g/mol. The monoisotopic (exact) mass is 320 g/mol. The largest absolute Gasteiger partial charge is 0.466 e. The van der Waals surface area contributed by atoms with E-state index in [0.29, 0.717) is 19.3 Å². The van der Waals surface area contributed by atoms with E-state index in [4.69, 9.17) is 18.9 Å². The van der Waals surface area contributed by atoms with Gasteiger partial charge in [-0.15, -0.1) is 0 Å². The van der Waals surface area contributed by atoms with Crippen molar-refractivity contribution in [1.82, 2.24) is 0 Å². The molecule has 0 saturated heterocycles. The maximum Gasteiger partial charge on any atom is 0.330 e. The van der Waals surface area contributed by atoms with Crippen molar-refractivity contribution in [3.63, 3.8) is 0 Å². The van der Waals surface area contributed by atoms with Crippen LogP contribution in [0.15, 0.2) is 12.2 Å². The van der Waals surface area contributed by atoms with Crippen molar-refractivity contribution in [1.29, 1.82) is 0 Å². The smallest absolute Gasteiger partial charge is 0.330 e. The van der Waals surface area contributed by atoms with Crippen molar-refractivity contribution in [2.45, 2.75) is 44.5 Å². The van der Waals surface area contributed by atoms with E-state index < -0.39 is 12.1 Å². The first-order chi connectivity index (χ1) is 10.5. The summed E-state index contributed by atoms with van der Waals surface area (Å²) in [6.07, 6.45) is 3.31. The van der Waals surface area contributed by atoms with Gasteiger partial charge in [-0.05, 0) is 26.2 Å². The van der Waals surface area contributed by atoms with Crippen LogP contribution in [-0.2, 0) is 28.5 Å². The molecule has 0 aromatic rings. The molecule has 22 heavy (non-hydrogen) atoms. The van der Waals surface area contributed by atoms with E-state index in [0.717, 1.165) is 0 Å². The summed E-state index contributed by atoms with van der Waals surface area (Å²) in [4.78, 5) is 10.9. The molecule has 1 N–H and O–H groups in total. The van der Waals surface area contributed by atoms with Crippen LogP contribution in [0.4, 0.5) is 0 Å². The Bertz CT molecular complexity index is 306. The number of hydrogen-bond donors (Lipinski definition) is 1. The highest BCUT2D eigenvalue weighted by molar-refractivity contribution is 5.81. The van der Waals surface area contributed by atoms with E-state index in [1.54, 1.807) is 13.2 Å². The lowest BCUT2D eigenvalue weighted by Crippen LogP contribution is -2.27. The van der Waals surface area contributed by atoms with E-state index >= 15 is 0 Å². The van der Waals surface area contributed by atoms with Crippen LogP contribution in [-0.4, -0.2) is 64.3 Å². The van der Waals surface area contributed by atoms with Crippen LogP contribution >= 0.6 is 0 Å². The molecule has 0 aliphatic rings. The Morgan fingerprint density at radius 1 is 1.09 bits per heavy atom. The van der Waals surface area contributed by atoms with Gasteiger partial charge in [-0.2, -0.15) is 0 Å². The molecule has 3 atom stereocenters. The van der Waals surface area contributed by atoms with Crippen LogP contribution in [0.2, 0.25) is 0 Å². The number of methoxy groups -OCH3 is 3. The normalized spacial score (nSPS) is 15.7. The van der Waals surface area contributed by atoms with Crippen LogP contribution in [0.3, 0.4) is 0 Å². The van der Waals surface area contributed by atoms with Gasteiger partial charge >= 0.3 is 5.97 Å². The highest BCUT2D eigenvalue weighted by Gasteiger charge is 2.18. The van der Waals surface area contributed by atoms with Gasteiger partial charge in [0.15, 0.2) is 0 Å². The molecule has 0 amide bonds. The van der Waals surface area contributed by atoms with Crippen LogP contribution in [0.5, 0.6) is 0 Å². The summed E-state index contributed by atoms with van der Waals surface area (Å²) in [7, 11) is 4.40. The summed E-state index contributed by atoms with van der Waals surface area (Å²) in [5, 5.41) is 10.0. The first-order valence-corrected chi connectivity index (χ1v) is 7.17. The molecule has 0 fully saturated rings. The SMILES string of the molecule is COCO[C@H](C[C@H](O)C/C=C/C(=O)OC)C[C@H](C)OCOC. The molecule has 0 spiro atoms. The molecule has 7 heteroatoms. The van der Waals surface area contributed by atoms with Crippen molar-refractivity contribution in [2.75, 3.05) is 34.9 Å². The van der Waals surface area contributed by atoms with Crippen molar-refractivity contribution >= 4 is 5.97 Å². The Morgan fingerprint density at radius 2 is 1.73 bits per heavy atom. The lowest BCUT2D eigenvalue weighted by Gasteiger charge is -2.23. The fourth-order valence-electron chi connectivity index (χ4n) is 1.81. The molecule has 0 unspecified atom stereocenters. The van der Waals surface area contributed by atoms with Gasteiger partial charge in [0.05, 0.1) is 25.4 Å². The Kier molecular flexibility index (Phi) is 13.0. The molecule has 130 valence electrons. The van der Waals surface area contributed by atoms with Crippen molar-refractivity contribution < 1.29 is 33.6 Å². The van der Waals surface area contributed by atoms with E-state index in [1.807, 2.05) is 6.92 Å². The third-order valence-corrected chi connectivity index (χ3v) is 2.89. The molecular formula is C15H28O7. The number of esters is 1. The Morgan fingerprint density at radius 3 is 2.32 bits per heavy atom. The molecule has 0 rings (SSSR count). The molecule has 0 aromatic heterocycles. The van der Waals surface area contributed by atoms with Crippen LogP contribution in [0.25, 0.3) is 0 Å². The predicted molar refractivity (Wildman–Crippen MR) is 80.2 cm³/mol. The number of ether oxygens (including phenoxy) is 5. The van der Waals surface area contributed by atoms with Gasteiger partial charge in [0.25, 0.3) is 0 Å². The highest BCUT2D eigenvalue weighted by Crippen LogP contribution is 2.14. The van der Waals surface area contributed by atoms with Crippen LogP contribution < -0.4 is 0 Å². The Labute approximate surface area is 132 Å². The minimum absolute atomic E-state index is 0.0698. The number of hydrogen-bond acceptors (Lipinski definition) is 7. The molecule has 0 heterocycles. The van der Waals surface area contributed by atoms with E-state index in [1.165, 1.54) is 20.3 Å². The van der Waals surface area contributed by atoms with Gasteiger partial charge in [0.2, 0.25) is 0 Å². The molecule has 0 aliphatic carbocycles. The Balaban J connectivity index is 4.25. The highest BCUT2D eigenvalue weighted by atomic mass is 16.7. The fourth-order valence-corrected chi connectivity index (χ4v) is 1.81. The van der Waals surface area contributed by atoms with Crippen LogP contribution in [0.1, 0.15) is 26.2 Å². The summed E-state index contributed by atoms with van der Waals surface area (Å²) in [5.74, 6) is -0.444. The minimum atomic E-state index is -0.627.